The van der Waals surface area contributed by atoms with E-state index in [1.807, 2.05) is 6.07 Å². The lowest BCUT2D eigenvalue weighted by Gasteiger charge is -2.12. The van der Waals surface area contributed by atoms with Crippen molar-refractivity contribution < 1.29 is 13.9 Å². The smallest absolute Gasteiger partial charge is 0.348 e. The van der Waals surface area contributed by atoms with Crippen LogP contribution in [0.1, 0.15) is 10.4 Å². The van der Waals surface area contributed by atoms with Crippen LogP contribution in [0.2, 0.25) is 5.02 Å². The fraction of sp³-hybridized carbons (Fsp3) is 0. The molecule has 27 heavy (non-hydrogen) atoms. The maximum atomic E-state index is 12.7. The Balaban J connectivity index is 1.94. The normalized spacial score (nSPS) is 10.7. The van der Waals surface area contributed by atoms with Crippen molar-refractivity contribution in [1.29, 1.82) is 0 Å². The van der Waals surface area contributed by atoms with Crippen molar-refractivity contribution in [3.63, 3.8) is 0 Å². The zero-order valence-corrected chi connectivity index (χ0v) is 14.8. The third-order valence-corrected chi connectivity index (χ3v) is 4.45. The van der Waals surface area contributed by atoms with Gasteiger partial charge in [0.25, 0.3) is 0 Å². The summed E-state index contributed by atoms with van der Waals surface area (Å²) in [6.45, 7) is 0. The zero-order valence-electron chi connectivity index (χ0n) is 14.0. The van der Waals surface area contributed by atoms with Gasteiger partial charge in [-0.3, -0.25) is 0 Å². The van der Waals surface area contributed by atoms with Crippen molar-refractivity contribution in [1.82, 2.24) is 0 Å². The van der Waals surface area contributed by atoms with Gasteiger partial charge < -0.3 is 9.15 Å². The minimum atomic E-state index is -0.645. The van der Waals surface area contributed by atoms with Gasteiger partial charge in [0.05, 0.1) is 16.0 Å². The summed E-state index contributed by atoms with van der Waals surface area (Å²) >= 11 is 6.11. The first-order chi connectivity index (χ1) is 13.1. The summed E-state index contributed by atoms with van der Waals surface area (Å²) in [4.78, 5) is 25.4. The lowest BCUT2D eigenvalue weighted by Crippen LogP contribution is -2.14. The van der Waals surface area contributed by atoms with Crippen molar-refractivity contribution in [3.8, 4) is 16.9 Å². The highest BCUT2D eigenvalue weighted by molar-refractivity contribution is 6.33. The molecule has 4 rings (SSSR count). The van der Waals surface area contributed by atoms with Crippen LogP contribution in [0.3, 0.4) is 0 Å². The second-order valence-corrected chi connectivity index (χ2v) is 6.23. The van der Waals surface area contributed by atoms with Gasteiger partial charge >= 0.3 is 11.6 Å². The quantitative estimate of drug-likeness (QED) is 0.358. The zero-order chi connectivity index (χ0) is 18.8. The first-order valence-electron chi connectivity index (χ1n) is 8.23. The molecule has 0 N–H and O–H groups in total. The maximum absolute atomic E-state index is 12.7. The Morgan fingerprint density at radius 2 is 1.52 bits per heavy atom. The van der Waals surface area contributed by atoms with Crippen molar-refractivity contribution in [2.24, 2.45) is 0 Å². The average molecular weight is 377 g/mol. The molecule has 0 aliphatic heterocycles. The molecule has 0 spiro atoms. The highest BCUT2D eigenvalue weighted by Gasteiger charge is 2.21. The molecule has 0 unspecified atom stereocenters. The number of para-hydroxylation sites is 1. The third-order valence-electron chi connectivity index (χ3n) is 4.12. The van der Waals surface area contributed by atoms with Crippen molar-refractivity contribution in [2.75, 3.05) is 0 Å². The van der Waals surface area contributed by atoms with Crippen LogP contribution in [-0.4, -0.2) is 5.97 Å². The molecule has 132 valence electrons. The molecule has 1 aromatic heterocycles. The fourth-order valence-corrected chi connectivity index (χ4v) is 3.07. The van der Waals surface area contributed by atoms with Crippen LogP contribution in [-0.2, 0) is 0 Å². The summed E-state index contributed by atoms with van der Waals surface area (Å²) in [5.74, 6) is -0.494. The molecule has 4 aromatic rings. The SMILES string of the molecule is O=C(Oc1c(-c2ccccc2)c(=O)oc2ccccc12)c1ccccc1Cl. The molecule has 0 aliphatic carbocycles. The molecule has 0 saturated heterocycles. The Kier molecular flexibility index (Phi) is 4.48. The number of esters is 1. The van der Waals surface area contributed by atoms with E-state index in [1.54, 1.807) is 72.8 Å². The Hall–Kier alpha value is -3.37. The van der Waals surface area contributed by atoms with Gasteiger partial charge in [0.1, 0.15) is 11.1 Å². The van der Waals surface area contributed by atoms with Gasteiger partial charge in [-0.25, -0.2) is 9.59 Å². The second-order valence-electron chi connectivity index (χ2n) is 5.83. The summed E-state index contributed by atoms with van der Waals surface area (Å²) < 4.78 is 11.1. The van der Waals surface area contributed by atoms with Gasteiger partial charge in [0.2, 0.25) is 0 Å². The molecular weight excluding hydrogens is 364 g/mol. The van der Waals surface area contributed by atoms with E-state index in [2.05, 4.69) is 0 Å². The summed E-state index contributed by atoms with van der Waals surface area (Å²) in [6.07, 6.45) is 0. The summed E-state index contributed by atoms with van der Waals surface area (Å²) in [5, 5.41) is 0.799. The van der Waals surface area contributed by atoms with Crippen LogP contribution < -0.4 is 10.4 Å². The summed E-state index contributed by atoms with van der Waals surface area (Å²) in [7, 11) is 0. The lowest BCUT2D eigenvalue weighted by atomic mass is 10.0. The van der Waals surface area contributed by atoms with E-state index in [4.69, 9.17) is 20.8 Å². The number of hydrogen-bond donors (Lipinski definition) is 0. The monoisotopic (exact) mass is 376 g/mol. The number of benzene rings is 3. The Morgan fingerprint density at radius 1 is 0.852 bits per heavy atom. The van der Waals surface area contributed by atoms with Crippen molar-refractivity contribution in [3.05, 3.63) is 99.9 Å². The van der Waals surface area contributed by atoms with Crippen LogP contribution in [0.4, 0.5) is 0 Å². The lowest BCUT2D eigenvalue weighted by molar-refractivity contribution is 0.0737. The van der Waals surface area contributed by atoms with E-state index in [0.29, 0.717) is 16.5 Å². The Bertz CT molecular complexity index is 1200. The number of carbonyl (C=O) groups excluding carboxylic acids is 1. The Labute approximate surface area is 159 Å². The molecule has 0 radical (unpaired) electrons. The van der Waals surface area contributed by atoms with Crippen molar-refractivity contribution in [2.45, 2.75) is 0 Å². The predicted octanol–water partition coefficient (Wildman–Crippen LogP) is 5.33. The number of rotatable bonds is 3. The molecule has 0 saturated carbocycles. The average Bonchev–Trinajstić information content (AvgIpc) is 2.69. The van der Waals surface area contributed by atoms with Crippen LogP contribution >= 0.6 is 11.6 Å². The molecule has 1 heterocycles. The van der Waals surface area contributed by atoms with Gasteiger partial charge in [0, 0.05) is 0 Å². The topological polar surface area (TPSA) is 56.5 Å². The van der Waals surface area contributed by atoms with Crippen molar-refractivity contribution >= 4 is 28.5 Å². The number of carbonyl (C=O) groups is 1. The number of hydrogen-bond acceptors (Lipinski definition) is 4. The van der Waals surface area contributed by atoms with Gasteiger partial charge in [-0.1, -0.05) is 66.2 Å². The highest BCUT2D eigenvalue weighted by Crippen LogP contribution is 2.35. The van der Waals surface area contributed by atoms with E-state index < -0.39 is 11.6 Å². The van der Waals surface area contributed by atoms with Crippen LogP contribution in [0.25, 0.3) is 22.1 Å². The molecule has 5 heteroatoms. The van der Waals surface area contributed by atoms with E-state index in [-0.39, 0.29) is 21.9 Å². The molecule has 0 aliphatic rings. The summed E-state index contributed by atoms with van der Waals surface area (Å²) in [5.41, 5.74) is 0.759. The first-order valence-corrected chi connectivity index (χ1v) is 8.61. The van der Waals surface area contributed by atoms with E-state index in [0.717, 1.165) is 0 Å². The number of ether oxygens (including phenoxy) is 1. The third kappa shape index (κ3) is 3.23. The number of fused-ring (bicyclic) bond motifs is 1. The van der Waals surface area contributed by atoms with Crippen LogP contribution in [0, 0.1) is 0 Å². The van der Waals surface area contributed by atoms with Crippen LogP contribution in [0.5, 0.6) is 5.75 Å². The molecule has 0 atom stereocenters. The molecule has 0 amide bonds. The Morgan fingerprint density at radius 3 is 2.30 bits per heavy atom. The number of halogens is 1. The highest BCUT2D eigenvalue weighted by atomic mass is 35.5. The second kappa shape index (κ2) is 7.09. The maximum Gasteiger partial charge on any atom is 0.348 e. The van der Waals surface area contributed by atoms with E-state index in [9.17, 15) is 9.59 Å². The molecule has 0 fully saturated rings. The van der Waals surface area contributed by atoms with E-state index in [1.165, 1.54) is 0 Å². The van der Waals surface area contributed by atoms with E-state index >= 15 is 0 Å². The minimum absolute atomic E-state index is 0.151. The fourth-order valence-electron chi connectivity index (χ4n) is 2.86. The minimum Gasteiger partial charge on any atom is -0.422 e. The van der Waals surface area contributed by atoms with Gasteiger partial charge in [0.15, 0.2) is 5.75 Å². The molecule has 0 bridgehead atoms. The summed E-state index contributed by atoms with van der Waals surface area (Å²) in [6, 6.07) is 22.4. The standard InChI is InChI=1S/C22H13ClO4/c23-17-12-6-4-10-15(17)21(24)27-20-16-11-5-7-13-18(16)26-22(25)19(20)14-8-2-1-3-9-14/h1-13H. The first kappa shape index (κ1) is 17.1. The largest absolute Gasteiger partial charge is 0.422 e. The predicted molar refractivity (Wildman–Crippen MR) is 104 cm³/mol. The van der Waals surface area contributed by atoms with Crippen LogP contribution in [0.15, 0.2) is 88.1 Å². The molecular formula is C22H13ClO4. The van der Waals surface area contributed by atoms with Gasteiger partial charge in [-0.15, -0.1) is 0 Å². The van der Waals surface area contributed by atoms with Gasteiger partial charge in [-0.2, -0.15) is 0 Å². The molecule has 3 aromatic carbocycles. The van der Waals surface area contributed by atoms with Gasteiger partial charge in [-0.05, 0) is 29.8 Å². The molecule has 4 nitrogen and oxygen atoms in total.